The van der Waals surface area contributed by atoms with Crippen molar-refractivity contribution in [2.75, 3.05) is 9.80 Å². The number of hydrogen-bond donors (Lipinski definition) is 0. The van der Waals surface area contributed by atoms with Gasteiger partial charge in [0, 0.05) is 49.1 Å². The van der Waals surface area contributed by atoms with E-state index in [1.54, 1.807) is 0 Å². The Bertz CT molecular complexity index is 4020. The molecule has 0 bridgehead atoms. The standard InChI is InChI=1S/C67H58N2O3/c1-40-33-35-44(36-34-40)68(57-30-15-28-53-51-26-13-24-47(63(51)71-65(53)57)42-17-5-3-6-18-42)61-49-21-9-10-22-50(49)62(67-60(61)55-23-11-12-32-59(55)70-67)69(45-37-38-46-41(2)56(46)39-45)58-31-16-29-54-52-27-14-25-48(64(52)72-66(54)58)43-19-7-4-8-20-43/h9-16,21-39,41-43,46,56H,3-8,17-20H2,1-2H3. The van der Waals surface area contributed by atoms with Crippen LogP contribution >= 0.6 is 0 Å². The summed E-state index contributed by atoms with van der Waals surface area (Å²) in [7, 11) is 0. The van der Waals surface area contributed by atoms with Crippen LogP contribution in [0.4, 0.5) is 28.4 Å². The second-order valence-corrected chi connectivity index (χ2v) is 21.6. The SMILES string of the molecule is Cc1ccc(N(c2cccc3c2oc2c(C4CCCCC4)cccc23)c2c3ccccc3c(N(C3=CC4C(C)C4C=C3)c3cccc4c3oc3c(C5CCCCC5)cccc34)c3oc4ccccc4c23)cc1. The smallest absolute Gasteiger partial charge is 0.162 e. The molecule has 3 unspecified atom stereocenters. The summed E-state index contributed by atoms with van der Waals surface area (Å²) in [5.74, 6) is 2.63. The Morgan fingerprint density at radius 1 is 0.431 bits per heavy atom. The minimum Gasteiger partial charge on any atom is -0.454 e. The molecular formula is C67H58N2O3. The van der Waals surface area contributed by atoms with Crippen LogP contribution in [0.2, 0.25) is 0 Å². The van der Waals surface area contributed by atoms with Crippen LogP contribution in [0.15, 0.2) is 183 Å². The maximum Gasteiger partial charge on any atom is 0.162 e. The van der Waals surface area contributed by atoms with E-state index in [1.807, 2.05) is 0 Å². The minimum absolute atomic E-state index is 0.469. The summed E-state index contributed by atoms with van der Waals surface area (Å²) >= 11 is 0. The van der Waals surface area contributed by atoms with Crippen LogP contribution in [-0.4, -0.2) is 0 Å². The van der Waals surface area contributed by atoms with E-state index in [0.717, 1.165) is 99.9 Å². The van der Waals surface area contributed by atoms with Gasteiger partial charge in [-0.05, 0) is 110 Å². The maximum atomic E-state index is 7.44. The lowest BCUT2D eigenvalue weighted by molar-refractivity contribution is 0.442. The first-order valence-electron chi connectivity index (χ1n) is 26.9. The number of furan rings is 3. The third kappa shape index (κ3) is 6.45. The summed E-state index contributed by atoms with van der Waals surface area (Å²) in [4.78, 5) is 4.96. The first-order valence-corrected chi connectivity index (χ1v) is 26.9. The maximum absolute atomic E-state index is 7.44. The molecule has 15 rings (SSSR count). The van der Waals surface area contributed by atoms with Crippen molar-refractivity contribution < 1.29 is 13.3 Å². The Kier molecular flexibility index (Phi) is 9.69. The van der Waals surface area contributed by atoms with Crippen molar-refractivity contribution in [2.45, 2.75) is 89.9 Å². The third-order valence-electron chi connectivity index (χ3n) is 17.5. The predicted molar refractivity (Wildman–Crippen MR) is 299 cm³/mol. The Hall–Kier alpha value is -7.50. The molecule has 11 aromatic rings. The molecule has 0 saturated heterocycles. The fourth-order valence-electron chi connectivity index (χ4n) is 13.7. The highest BCUT2D eigenvalue weighted by atomic mass is 16.3. The van der Waals surface area contributed by atoms with E-state index in [1.165, 1.54) is 91.7 Å². The second-order valence-electron chi connectivity index (χ2n) is 21.6. The second kappa shape index (κ2) is 16.5. The van der Waals surface area contributed by atoms with Gasteiger partial charge in [-0.1, -0.05) is 178 Å². The molecule has 354 valence electrons. The van der Waals surface area contributed by atoms with Gasteiger partial charge in [-0.2, -0.15) is 0 Å². The number of rotatable bonds is 8. The highest BCUT2D eigenvalue weighted by Gasteiger charge is 2.46. The van der Waals surface area contributed by atoms with Crippen LogP contribution in [0.5, 0.6) is 0 Å². The van der Waals surface area contributed by atoms with Crippen LogP contribution in [-0.2, 0) is 0 Å². The van der Waals surface area contributed by atoms with Crippen molar-refractivity contribution in [1.82, 2.24) is 0 Å². The van der Waals surface area contributed by atoms with E-state index >= 15 is 0 Å². The molecular weight excluding hydrogens is 881 g/mol. The topological polar surface area (TPSA) is 45.9 Å². The van der Waals surface area contributed by atoms with Crippen molar-refractivity contribution in [1.29, 1.82) is 0 Å². The van der Waals surface area contributed by atoms with Crippen molar-refractivity contribution in [3.8, 4) is 0 Å². The predicted octanol–water partition coefficient (Wildman–Crippen LogP) is 19.9. The largest absolute Gasteiger partial charge is 0.454 e. The normalized spacial score (nSPS) is 19.6. The number of hydrogen-bond acceptors (Lipinski definition) is 5. The molecule has 3 saturated carbocycles. The molecule has 3 heterocycles. The Morgan fingerprint density at radius 3 is 1.54 bits per heavy atom. The molecule has 0 spiro atoms. The van der Waals surface area contributed by atoms with Gasteiger partial charge in [-0.25, -0.2) is 0 Å². The lowest BCUT2D eigenvalue weighted by Gasteiger charge is -2.32. The van der Waals surface area contributed by atoms with Crippen LogP contribution < -0.4 is 9.80 Å². The zero-order valence-corrected chi connectivity index (χ0v) is 41.2. The molecule has 3 atom stereocenters. The molecule has 0 amide bonds. The van der Waals surface area contributed by atoms with E-state index < -0.39 is 0 Å². The van der Waals surface area contributed by atoms with Gasteiger partial charge in [0.05, 0.1) is 28.1 Å². The van der Waals surface area contributed by atoms with Crippen LogP contribution in [0.3, 0.4) is 0 Å². The molecule has 4 aliphatic rings. The number of nitrogens with zero attached hydrogens (tertiary/aromatic N) is 2. The van der Waals surface area contributed by atoms with E-state index in [2.05, 4.69) is 187 Å². The van der Waals surface area contributed by atoms with Gasteiger partial charge >= 0.3 is 0 Å². The van der Waals surface area contributed by atoms with Crippen molar-refractivity contribution in [3.63, 3.8) is 0 Å². The monoisotopic (exact) mass is 938 g/mol. The summed E-state index contributed by atoms with van der Waals surface area (Å²) in [6.45, 7) is 4.55. The number of aryl methyl sites for hydroxylation is 1. The summed E-state index contributed by atoms with van der Waals surface area (Å²) < 4.78 is 22.1. The highest BCUT2D eigenvalue weighted by molar-refractivity contribution is 6.29. The number of benzene rings is 8. The molecule has 5 nitrogen and oxygen atoms in total. The number of anilines is 5. The van der Waals surface area contributed by atoms with Crippen LogP contribution in [0, 0.1) is 24.7 Å². The van der Waals surface area contributed by atoms with Gasteiger partial charge in [0.25, 0.3) is 0 Å². The summed E-state index contributed by atoms with van der Waals surface area (Å²) in [5.41, 5.74) is 15.7. The first kappa shape index (κ1) is 42.2. The van der Waals surface area contributed by atoms with Gasteiger partial charge in [-0.3, -0.25) is 0 Å². The van der Waals surface area contributed by atoms with Gasteiger partial charge in [0.2, 0.25) is 0 Å². The number of fused-ring (bicyclic) bond motifs is 11. The van der Waals surface area contributed by atoms with Gasteiger partial charge in [-0.15, -0.1) is 0 Å². The average molecular weight is 939 g/mol. The van der Waals surface area contributed by atoms with Crippen molar-refractivity contribution in [2.24, 2.45) is 17.8 Å². The van der Waals surface area contributed by atoms with Gasteiger partial charge in [0.15, 0.2) is 16.7 Å². The average Bonchev–Trinajstić information content (AvgIpc) is 3.74. The molecule has 4 aliphatic carbocycles. The van der Waals surface area contributed by atoms with Crippen molar-refractivity contribution >= 4 is 105 Å². The number of para-hydroxylation sites is 5. The summed E-state index contributed by atoms with van der Waals surface area (Å²) in [6.07, 6.45) is 19.9. The first-order chi connectivity index (χ1) is 35.6. The number of allylic oxidation sites excluding steroid dienone is 3. The Balaban J connectivity index is 1.04. The van der Waals surface area contributed by atoms with Crippen LogP contribution in [0.1, 0.15) is 99.7 Å². The fourth-order valence-corrected chi connectivity index (χ4v) is 13.7. The van der Waals surface area contributed by atoms with Crippen LogP contribution in [0.25, 0.3) is 76.6 Å². The molecule has 5 heteroatoms. The highest BCUT2D eigenvalue weighted by Crippen LogP contribution is 2.58. The lowest BCUT2D eigenvalue weighted by Crippen LogP contribution is -2.18. The third-order valence-corrected chi connectivity index (χ3v) is 17.5. The molecule has 8 aromatic carbocycles. The zero-order valence-electron chi connectivity index (χ0n) is 41.2. The Morgan fingerprint density at radius 2 is 0.944 bits per heavy atom. The van der Waals surface area contributed by atoms with Crippen molar-refractivity contribution in [3.05, 3.63) is 186 Å². The molecule has 3 fully saturated rings. The molecule has 0 radical (unpaired) electrons. The Labute approximate surface area is 420 Å². The molecule has 3 aromatic heterocycles. The molecule has 0 N–H and O–H groups in total. The van der Waals surface area contributed by atoms with E-state index in [9.17, 15) is 0 Å². The van der Waals surface area contributed by atoms with Gasteiger partial charge < -0.3 is 23.1 Å². The fraction of sp³-hybridized carbons (Fsp3) is 0.254. The summed E-state index contributed by atoms with van der Waals surface area (Å²) in [5, 5.41) is 8.95. The summed E-state index contributed by atoms with van der Waals surface area (Å²) in [6, 6.07) is 53.7. The molecule has 0 aliphatic heterocycles. The van der Waals surface area contributed by atoms with Gasteiger partial charge in [0.1, 0.15) is 16.7 Å². The minimum atomic E-state index is 0.469. The van der Waals surface area contributed by atoms with E-state index in [4.69, 9.17) is 13.3 Å². The quantitative estimate of drug-likeness (QED) is 0.142. The zero-order chi connectivity index (χ0) is 47.6. The van der Waals surface area contributed by atoms with E-state index in [-0.39, 0.29) is 0 Å². The molecule has 72 heavy (non-hydrogen) atoms. The lowest BCUT2D eigenvalue weighted by atomic mass is 9.83. The van der Waals surface area contributed by atoms with E-state index in [0.29, 0.717) is 29.6 Å².